The van der Waals surface area contributed by atoms with Gasteiger partial charge in [-0.2, -0.15) is 0 Å². The summed E-state index contributed by atoms with van der Waals surface area (Å²) in [5, 5.41) is 2.99. The van der Waals surface area contributed by atoms with Crippen molar-refractivity contribution >= 4 is 11.8 Å². The van der Waals surface area contributed by atoms with Crippen LogP contribution < -0.4 is 5.32 Å². The fourth-order valence-electron chi connectivity index (χ4n) is 1.86. The van der Waals surface area contributed by atoms with E-state index in [0.717, 1.165) is 6.42 Å². The van der Waals surface area contributed by atoms with Gasteiger partial charge < -0.3 is 5.32 Å². The Balaban J connectivity index is 2.09. The van der Waals surface area contributed by atoms with Gasteiger partial charge in [0, 0.05) is 16.7 Å². The van der Waals surface area contributed by atoms with E-state index in [1.54, 1.807) is 0 Å². The summed E-state index contributed by atoms with van der Waals surface area (Å²) in [5.74, 6) is 1.19. The van der Waals surface area contributed by atoms with Gasteiger partial charge in [0.15, 0.2) is 0 Å². The Morgan fingerprint density at radius 1 is 1.53 bits per heavy atom. The van der Waals surface area contributed by atoms with Crippen molar-refractivity contribution in [1.82, 2.24) is 5.32 Å². The predicted octanol–water partition coefficient (Wildman–Crippen LogP) is 2.43. The zero-order valence-corrected chi connectivity index (χ0v) is 9.74. The fourth-order valence-corrected chi connectivity index (χ4v) is 2.99. The molecule has 0 amide bonds. The van der Waals surface area contributed by atoms with Gasteiger partial charge in [0.2, 0.25) is 0 Å². The fraction of sp³-hybridized carbons (Fsp3) is 0.500. The van der Waals surface area contributed by atoms with Crippen molar-refractivity contribution in [2.75, 3.05) is 19.5 Å². The number of benzene rings is 1. The van der Waals surface area contributed by atoms with Crippen molar-refractivity contribution in [3.05, 3.63) is 29.3 Å². The summed E-state index contributed by atoms with van der Waals surface area (Å²) in [6, 6.07) is 6.49. The number of fused-ring (bicyclic) bond motifs is 1. The number of nitrogens with one attached hydrogen (secondary N) is 1. The first-order chi connectivity index (χ1) is 7.33. The minimum Gasteiger partial charge on any atom is -0.314 e. The molecule has 1 atom stereocenters. The molecule has 1 aromatic carbocycles. The van der Waals surface area contributed by atoms with Crippen molar-refractivity contribution in [1.29, 1.82) is 0 Å². The van der Waals surface area contributed by atoms with Gasteiger partial charge in [0.05, 0.1) is 0 Å². The predicted molar refractivity (Wildman–Crippen MR) is 63.4 cm³/mol. The van der Waals surface area contributed by atoms with Crippen molar-refractivity contribution in [3.8, 4) is 0 Å². The number of alkyl halides is 1. The van der Waals surface area contributed by atoms with E-state index in [1.807, 2.05) is 18.8 Å². The molecule has 15 heavy (non-hydrogen) atoms. The zero-order chi connectivity index (χ0) is 10.7. The van der Waals surface area contributed by atoms with E-state index in [2.05, 4.69) is 23.5 Å². The lowest BCUT2D eigenvalue weighted by Crippen LogP contribution is -2.29. The highest BCUT2D eigenvalue weighted by Crippen LogP contribution is 2.31. The molecule has 0 radical (unpaired) electrons. The highest BCUT2D eigenvalue weighted by Gasteiger charge is 2.13. The first-order valence-electron chi connectivity index (χ1n) is 5.31. The van der Waals surface area contributed by atoms with Crippen molar-refractivity contribution in [2.24, 2.45) is 0 Å². The Bertz CT molecular complexity index is 336. The molecule has 1 unspecified atom stereocenters. The van der Waals surface area contributed by atoms with E-state index in [0.29, 0.717) is 0 Å². The Morgan fingerprint density at radius 2 is 2.40 bits per heavy atom. The van der Waals surface area contributed by atoms with E-state index < -0.39 is 0 Å². The molecule has 1 aliphatic rings. The standard InChI is InChI=1S/C12H16FNS/c1-14-11(8-13)6-9-2-3-10-4-5-15-12(10)7-9/h2-3,7,11,14H,4-6,8H2,1H3. The molecule has 0 bridgehead atoms. The lowest BCUT2D eigenvalue weighted by Gasteiger charge is -2.12. The quantitative estimate of drug-likeness (QED) is 0.844. The van der Waals surface area contributed by atoms with Gasteiger partial charge in [-0.25, -0.2) is 4.39 Å². The molecule has 1 nitrogen and oxygen atoms in total. The van der Waals surface area contributed by atoms with Crippen LogP contribution in [0.2, 0.25) is 0 Å². The summed E-state index contributed by atoms with van der Waals surface area (Å²) in [7, 11) is 1.81. The average Bonchev–Trinajstić information content (AvgIpc) is 2.73. The normalized spacial score (nSPS) is 16.4. The highest BCUT2D eigenvalue weighted by atomic mass is 32.2. The van der Waals surface area contributed by atoms with Crippen LogP contribution in [0.25, 0.3) is 0 Å². The van der Waals surface area contributed by atoms with E-state index >= 15 is 0 Å². The maximum absolute atomic E-state index is 12.5. The number of halogens is 1. The molecule has 0 spiro atoms. The van der Waals surface area contributed by atoms with E-state index in [1.165, 1.54) is 28.2 Å². The van der Waals surface area contributed by atoms with Crippen LogP contribution in [-0.2, 0) is 12.8 Å². The topological polar surface area (TPSA) is 12.0 Å². The number of thioether (sulfide) groups is 1. The summed E-state index contributed by atoms with van der Waals surface area (Å²) in [6.45, 7) is -0.305. The molecule has 0 saturated carbocycles. The molecular weight excluding hydrogens is 209 g/mol. The van der Waals surface area contributed by atoms with Gasteiger partial charge in [-0.15, -0.1) is 11.8 Å². The largest absolute Gasteiger partial charge is 0.314 e. The number of likely N-dealkylation sites (N-methyl/N-ethyl adjacent to an activating group) is 1. The maximum atomic E-state index is 12.5. The third-order valence-electron chi connectivity index (χ3n) is 2.84. The van der Waals surface area contributed by atoms with E-state index in [4.69, 9.17) is 0 Å². The molecule has 1 aromatic rings. The van der Waals surface area contributed by atoms with Crippen LogP contribution >= 0.6 is 11.8 Å². The summed E-state index contributed by atoms with van der Waals surface area (Å²) in [4.78, 5) is 1.39. The summed E-state index contributed by atoms with van der Waals surface area (Å²) in [5.41, 5.74) is 2.69. The molecule has 0 saturated heterocycles. The molecule has 1 N–H and O–H groups in total. The lowest BCUT2D eigenvalue weighted by atomic mass is 10.0. The lowest BCUT2D eigenvalue weighted by molar-refractivity contribution is 0.389. The van der Waals surface area contributed by atoms with Gasteiger partial charge in [0.1, 0.15) is 6.67 Å². The zero-order valence-electron chi connectivity index (χ0n) is 8.92. The molecule has 0 fully saturated rings. The summed E-state index contributed by atoms with van der Waals surface area (Å²) < 4.78 is 12.5. The van der Waals surface area contributed by atoms with Gasteiger partial charge in [-0.3, -0.25) is 0 Å². The average molecular weight is 225 g/mol. The number of hydrogen-bond acceptors (Lipinski definition) is 2. The van der Waals surface area contributed by atoms with Gasteiger partial charge >= 0.3 is 0 Å². The first-order valence-corrected chi connectivity index (χ1v) is 6.30. The van der Waals surface area contributed by atoms with Crippen LogP contribution in [0.5, 0.6) is 0 Å². The second kappa shape index (κ2) is 4.99. The molecule has 1 aliphatic heterocycles. The molecule has 2 rings (SSSR count). The molecule has 0 aromatic heterocycles. The van der Waals surface area contributed by atoms with Crippen LogP contribution in [-0.4, -0.2) is 25.5 Å². The molecular formula is C12H16FNS. The van der Waals surface area contributed by atoms with E-state index in [9.17, 15) is 4.39 Å². The third kappa shape index (κ3) is 2.52. The Hall–Kier alpha value is -0.540. The van der Waals surface area contributed by atoms with Crippen molar-refractivity contribution in [2.45, 2.75) is 23.8 Å². The second-order valence-electron chi connectivity index (χ2n) is 3.88. The first kappa shape index (κ1) is 11.0. The van der Waals surface area contributed by atoms with Gasteiger partial charge in [-0.05, 0) is 37.1 Å². The smallest absolute Gasteiger partial charge is 0.105 e. The number of aryl methyl sites for hydroxylation is 1. The number of rotatable bonds is 4. The monoisotopic (exact) mass is 225 g/mol. The van der Waals surface area contributed by atoms with Crippen LogP contribution in [0.3, 0.4) is 0 Å². The SMILES string of the molecule is CNC(CF)Cc1ccc2c(c1)SCC2. The Labute approximate surface area is 94.5 Å². The van der Waals surface area contributed by atoms with Gasteiger partial charge in [-0.1, -0.05) is 12.1 Å². The molecule has 0 aliphatic carbocycles. The Morgan fingerprint density at radius 3 is 3.13 bits per heavy atom. The van der Waals surface area contributed by atoms with Crippen LogP contribution in [0.4, 0.5) is 4.39 Å². The van der Waals surface area contributed by atoms with Crippen LogP contribution in [0.1, 0.15) is 11.1 Å². The minimum absolute atomic E-state index is 0.0468. The van der Waals surface area contributed by atoms with Crippen LogP contribution in [0.15, 0.2) is 23.1 Å². The summed E-state index contributed by atoms with van der Waals surface area (Å²) in [6.07, 6.45) is 1.96. The maximum Gasteiger partial charge on any atom is 0.105 e. The number of hydrogen-bond donors (Lipinski definition) is 1. The molecule has 82 valence electrons. The second-order valence-corrected chi connectivity index (χ2v) is 5.02. The Kier molecular flexibility index (Phi) is 3.65. The molecule has 1 heterocycles. The van der Waals surface area contributed by atoms with Crippen LogP contribution in [0, 0.1) is 0 Å². The minimum atomic E-state index is -0.305. The summed E-state index contributed by atoms with van der Waals surface area (Å²) >= 11 is 1.91. The third-order valence-corrected chi connectivity index (χ3v) is 3.94. The highest BCUT2D eigenvalue weighted by molar-refractivity contribution is 7.99. The molecule has 3 heteroatoms. The van der Waals surface area contributed by atoms with Gasteiger partial charge in [0.25, 0.3) is 0 Å². The van der Waals surface area contributed by atoms with Crippen molar-refractivity contribution in [3.63, 3.8) is 0 Å². The van der Waals surface area contributed by atoms with E-state index in [-0.39, 0.29) is 12.7 Å². The van der Waals surface area contributed by atoms with Crippen molar-refractivity contribution < 1.29 is 4.39 Å².